The van der Waals surface area contributed by atoms with Crippen molar-refractivity contribution < 1.29 is 38.1 Å². The van der Waals surface area contributed by atoms with Crippen molar-refractivity contribution in [1.82, 2.24) is 5.32 Å². The molecule has 0 radical (unpaired) electrons. The molecule has 0 saturated carbocycles. The summed E-state index contributed by atoms with van der Waals surface area (Å²) in [5.41, 5.74) is 4.66. The highest BCUT2D eigenvalue weighted by molar-refractivity contribution is 8.14. The number of carbonyl (C=O) groups excluding carboxylic acids is 4. The predicted molar refractivity (Wildman–Crippen MR) is 100 cm³/mol. The van der Waals surface area contributed by atoms with Gasteiger partial charge in [0.1, 0.15) is 18.1 Å². The Bertz CT molecular complexity index is 586. The van der Waals surface area contributed by atoms with Gasteiger partial charge in [0.15, 0.2) is 17.4 Å². The Morgan fingerprint density at radius 1 is 1.00 bits per heavy atom. The first-order valence-electron chi connectivity index (χ1n) is 8.30. The number of rotatable bonds is 11. The highest BCUT2D eigenvalue weighted by Gasteiger charge is 2.37. The van der Waals surface area contributed by atoms with Gasteiger partial charge < -0.3 is 30.0 Å². The first-order valence-corrected chi connectivity index (χ1v) is 9.18. The molecule has 0 aliphatic rings. The number of amides is 1. The number of carbonyl (C=O) groups is 4. The van der Waals surface area contributed by atoms with E-state index in [4.69, 9.17) is 30.1 Å². The van der Waals surface area contributed by atoms with Crippen LogP contribution in [0.15, 0.2) is 0 Å². The zero-order valence-corrected chi connectivity index (χ0v) is 17.3. The number of hydrogen-bond donors (Lipinski definition) is 3. The van der Waals surface area contributed by atoms with Crippen molar-refractivity contribution >= 4 is 40.7 Å². The molecule has 0 bridgehead atoms. The molecule has 0 aromatic carbocycles. The Labute approximate surface area is 167 Å². The van der Waals surface area contributed by atoms with Crippen LogP contribution >= 0.6 is 11.8 Å². The molecule has 0 rings (SSSR count). The molecule has 0 spiro atoms. The van der Waals surface area contributed by atoms with Crippen LogP contribution in [0.5, 0.6) is 0 Å². The van der Waals surface area contributed by atoms with Gasteiger partial charge in [-0.15, -0.1) is 0 Å². The molecule has 4 atom stereocenters. The molecule has 12 heteroatoms. The van der Waals surface area contributed by atoms with Gasteiger partial charge in [-0.1, -0.05) is 11.8 Å². The Kier molecular flexibility index (Phi) is 11.9. The molecule has 0 aromatic heterocycles. The third-order valence-corrected chi connectivity index (χ3v) is 3.71. The minimum Gasteiger partial charge on any atom is -0.463 e. The number of thioether (sulfide) groups is 1. The van der Waals surface area contributed by atoms with Crippen LogP contribution in [0, 0.1) is 5.41 Å². The molecule has 0 heterocycles. The lowest BCUT2D eigenvalue weighted by Gasteiger charge is -2.33. The molecular formula is C16H27N3O8S. The first-order chi connectivity index (χ1) is 12.9. The summed E-state index contributed by atoms with van der Waals surface area (Å²) in [7, 11) is 0. The molecule has 0 aromatic rings. The lowest BCUT2D eigenvalue weighted by molar-refractivity contribution is -0.185. The predicted octanol–water partition coefficient (Wildman–Crippen LogP) is -0.0931. The van der Waals surface area contributed by atoms with Gasteiger partial charge >= 0.3 is 17.9 Å². The van der Waals surface area contributed by atoms with Crippen molar-refractivity contribution in [3.05, 3.63) is 0 Å². The molecule has 0 aliphatic carbocycles. The Morgan fingerprint density at radius 3 is 2.00 bits per heavy atom. The second-order valence-electron chi connectivity index (χ2n) is 5.69. The number of esters is 3. The van der Waals surface area contributed by atoms with Crippen molar-refractivity contribution in [2.45, 2.75) is 58.4 Å². The zero-order chi connectivity index (χ0) is 21.9. The summed E-state index contributed by atoms with van der Waals surface area (Å²) in [5, 5.41) is 9.59. The maximum absolute atomic E-state index is 11.6. The zero-order valence-electron chi connectivity index (χ0n) is 16.5. The van der Waals surface area contributed by atoms with E-state index in [0.29, 0.717) is 0 Å². The molecule has 0 saturated heterocycles. The molecule has 1 amide bonds. The summed E-state index contributed by atoms with van der Waals surface area (Å²) in [4.78, 5) is 45.6. The normalized spacial score (nSPS) is 14.8. The highest BCUT2D eigenvalue weighted by atomic mass is 32.2. The van der Waals surface area contributed by atoms with E-state index >= 15 is 0 Å². The highest BCUT2D eigenvalue weighted by Crippen LogP contribution is 2.20. The lowest BCUT2D eigenvalue weighted by Crippen LogP contribution is -2.51. The number of nitrogens with one attached hydrogen (secondary N) is 2. The van der Waals surface area contributed by atoms with Gasteiger partial charge in [-0.2, -0.15) is 0 Å². The summed E-state index contributed by atoms with van der Waals surface area (Å²) in [6, 6.07) is 0. The number of nitrogens with two attached hydrogens (primary N) is 1. The Hall–Kier alpha value is -2.34. The topological polar surface area (TPSA) is 167 Å². The fourth-order valence-electron chi connectivity index (χ4n) is 2.13. The largest absolute Gasteiger partial charge is 0.463 e. The maximum Gasteiger partial charge on any atom is 0.303 e. The maximum atomic E-state index is 11.6. The molecule has 160 valence electrons. The molecule has 3 unspecified atom stereocenters. The monoisotopic (exact) mass is 421 g/mol. The van der Waals surface area contributed by atoms with Gasteiger partial charge in [-0.3, -0.25) is 24.6 Å². The first kappa shape index (κ1) is 25.7. The fourth-order valence-corrected chi connectivity index (χ4v) is 2.68. The number of hydrogen-bond acceptors (Lipinski definition) is 10. The summed E-state index contributed by atoms with van der Waals surface area (Å²) in [6.07, 6.45) is -3.38. The van der Waals surface area contributed by atoms with Crippen molar-refractivity contribution in [1.29, 1.82) is 5.41 Å². The van der Waals surface area contributed by atoms with Crippen LogP contribution in [0.4, 0.5) is 0 Å². The van der Waals surface area contributed by atoms with Gasteiger partial charge in [0.25, 0.3) is 0 Å². The van der Waals surface area contributed by atoms with E-state index in [1.807, 2.05) is 0 Å². The van der Waals surface area contributed by atoms with Crippen molar-refractivity contribution in [3.63, 3.8) is 0 Å². The Morgan fingerprint density at radius 2 is 1.57 bits per heavy atom. The minimum absolute atomic E-state index is 0.166. The van der Waals surface area contributed by atoms with Gasteiger partial charge in [0.05, 0.1) is 6.54 Å². The van der Waals surface area contributed by atoms with Gasteiger partial charge in [0, 0.05) is 27.7 Å². The average Bonchev–Trinajstić information content (AvgIpc) is 2.51. The lowest BCUT2D eigenvalue weighted by atomic mass is 10.1. The van der Waals surface area contributed by atoms with Crippen LogP contribution in [0.1, 0.15) is 34.6 Å². The van der Waals surface area contributed by atoms with Gasteiger partial charge in [0.2, 0.25) is 5.91 Å². The average molecular weight is 421 g/mol. The minimum atomic E-state index is -1.21. The van der Waals surface area contributed by atoms with Gasteiger partial charge in [-0.05, 0) is 6.92 Å². The third kappa shape index (κ3) is 12.1. The van der Waals surface area contributed by atoms with Crippen molar-refractivity contribution in [2.24, 2.45) is 5.73 Å². The van der Waals surface area contributed by atoms with Crippen LogP contribution in [-0.4, -0.2) is 65.9 Å². The van der Waals surface area contributed by atoms with E-state index < -0.39 is 47.6 Å². The van der Waals surface area contributed by atoms with Crippen molar-refractivity contribution in [3.8, 4) is 0 Å². The molecule has 0 aliphatic heterocycles. The van der Waals surface area contributed by atoms with Gasteiger partial charge in [-0.25, -0.2) is 0 Å². The van der Waals surface area contributed by atoms with Crippen molar-refractivity contribution in [2.75, 3.05) is 13.2 Å². The third-order valence-electron chi connectivity index (χ3n) is 3.01. The van der Waals surface area contributed by atoms with E-state index in [0.717, 1.165) is 25.6 Å². The van der Waals surface area contributed by atoms with Crippen LogP contribution in [0.3, 0.4) is 0 Å². The van der Waals surface area contributed by atoms with E-state index in [1.165, 1.54) is 13.8 Å². The molecule has 11 nitrogen and oxygen atoms in total. The summed E-state index contributed by atoms with van der Waals surface area (Å²) in [6.45, 7) is 5.85. The molecule has 0 fully saturated rings. The Balaban J connectivity index is 5.71. The summed E-state index contributed by atoms with van der Waals surface area (Å²) >= 11 is 0.878. The van der Waals surface area contributed by atoms with Crippen LogP contribution < -0.4 is 11.1 Å². The molecule has 28 heavy (non-hydrogen) atoms. The quantitative estimate of drug-likeness (QED) is 0.135. The molecular weight excluding hydrogens is 394 g/mol. The second kappa shape index (κ2) is 12.9. The standard InChI is InChI=1S/C16H27N3O8S/c1-8(20)19-6-13(25-10(3)22)15(26-11(4)23)14(7-24-9(2)21)27-12(5)28-16(17)18/h12-15H,6-7H2,1-5H3,(H3,17,18)(H,19,20)/t12?,13?,14?,15-/m1/s1. The molecule has 4 N–H and O–H groups in total. The van der Waals surface area contributed by atoms with E-state index in [1.54, 1.807) is 6.92 Å². The smallest absolute Gasteiger partial charge is 0.303 e. The SMILES string of the molecule is CC(=O)NCC(OC(C)=O)[C@@H](OC(C)=O)C(COC(C)=O)OC(C)SC(=N)N. The summed E-state index contributed by atoms with van der Waals surface area (Å²) in [5.74, 6) is -2.37. The fraction of sp³-hybridized carbons (Fsp3) is 0.688. The number of ether oxygens (including phenoxy) is 4. The second-order valence-corrected chi connectivity index (χ2v) is 7.03. The van der Waals surface area contributed by atoms with E-state index in [-0.39, 0.29) is 18.3 Å². The van der Waals surface area contributed by atoms with Crippen LogP contribution in [0.2, 0.25) is 0 Å². The van der Waals surface area contributed by atoms with Crippen LogP contribution in [-0.2, 0) is 38.1 Å². The van der Waals surface area contributed by atoms with E-state index in [2.05, 4.69) is 5.32 Å². The summed E-state index contributed by atoms with van der Waals surface area (Å²) < 4.78 is 21.2. The van der Waals surface area contributed by atoms with Crippen LogP contribution in [0.25, 0.3) is 0 Å². The van der Waals surface area contributed by atoms with E-state index in [9.17, 15) is 19.2 Å². The number of amidine groups is 1.